The summed E-state index contributed by atoms with van der Waals surface area (Å²) in [7, 11) is 0. The summed E-state index contributed by atoms with van der Waals surface area (Å²) in [5.41, 5.74) is 3.92. The predicted octanol–water partition coefficient (Wildman–Crippen LogP) is 2.64. The minimum Gasteiger partial charge on any atom is -0.480 e. The van der Waals surface area contributed by atoms with Crippen molar-refractivity contribution in [1.82, 2.24) is 10.6 Å². The van der Waals surface area contributed by atoms with Crippen LogP contribution >= 0.6 is 0 Å². The molecule has 2 aromatic rings. The number of rotatable bonds is 7. The van der Waals surface area contributed by atoms with Crippen LogP contribution in [0.2, 0.25) is 0 Å². The minimum atomic E-state index is -1.35. The monoisotopic (exact) mass is 464 g/mol. The number of aliphatic hydroxyl groups is 1. The van der Waals surface area contributed by atoms with Crippen LogP contribution in [0.4, 0.5) is 4.79 Å². The van der Waals surface area contributed by atoms with E-state index in [1.807, 2.05) is 24.3 Å². The number of aliphatic carboxylic acids is 1. The third kappa shape index (κ3) is 3.81. The van der Waals surface area contributed by atoms with E-state index in [1.165, 1.54) is 6.92 Å². The Morgan fingerprint density at radius 1 is 1.06 bits per heavy atom. The van der Waals surface area contributed by atoms with Gasteiger partial charge in [0.1, 0.15) is 6.61 Å². The number of hydrogen-bond donors (Lipinski definition) is 4. The molecule has 0 heterocycles. The molecular formula is C26H28N2O6. The van der Waals surface area contributed by atoms with E-state index < -0.39 is 29.6 Å². The summed E-state index contributed by atoms with van der Waals surface area (Å²) < 4.78 is 5.61. The highest BCUT2D eigenvalue weighted by molar-refractivity contribution is 5.90. The van der Waals surface area contributed by atoms with E-state index in [9.17, 15) is 24.6 Å². The molecule has 178 valence electrons. The van der Waals surface area contributed by atoms with Gasteiger partial charge < -0.3 is 25.6 Å². The molecule has 8 nitrogen and oxygen atoms in total. The molecule has 0 spiro atoms. The summed E-state index contributed by atoms with van der Waals surface area (Å²) in [5, 5.41) is 24.2. The summed E-state index contributed by atoms with van der Waals surface area (Å²) in [6, 6.07) is 14.7. The lowest BCUT2D eigenvalue weighted by Crippen LogP contribution is -2.50. The lowest BCUT2D eigenvalue weighted by atomic mass is 9.98. The molecule has 0 radical (unpaired) electrons. The van der Waals surface area contributed by atoms with Crippen molar-refractivity contribution in [2.45, 2.75) is 50.3 Å². The summed E-state index contributed by atoms with van der Waals surface area (Å²) in [6.07, 6.45) is 0.0138. The van der Waals surface area contributed by atoms with Crippen molar-refractivity contribution in [3.8, 4) is 11.1 Å². The van der Waals surface area contributed by atoms with Gasteiger partial charge in [-0.1, -0.05) is 48.5 Å². The Hall–Kier alpha value is -3.39. The topological polar surface area (TPSA) is 125 Å². The molecule has 2 fully saturated rings. The van der Waals surface area contributed by atoms with Crippen LogP contribution in [0.1, 0.15) is 43.2 Å². The summed E-state index contributed by atoms with van der Waals surface area (Å²) in [5.74, 6) is -1.58. The quantitative estimate of drug-likeness (QED) is 0.499. The van der Waals surface area contributed by atoms with E-state index in [1.54, 1.807) is 0 Å². The standard InChI is InChI=1S/C26H28N2O6/c1-14(29)22(23(30)31)28-24(32)26-11-15(26)10-16(12-26)27-25(33)34-13-21-19-8-4-2-6-17(19)18-7-3-5-9-20(18)21/h2-9,14-16,21-22,29H,10-13H2,1H3,(H,27,33)(H,28,32)(H,30,31)/t14-,15-,16+,22+,26+/m1/s1. The number of carboxylic acid groups (broad SMARTS) is 1. The highest BCUT2D eigenvalue weighted by atomic mass is 16.5. The first-order valence-corrected chi connectivity index (χ1v) is 11.6. The molecule has 3 aliphatic rings. The van der Waals surface area contributed by atoms with Crippen LogP contribution in [0, 0.1) is 11.3 Å². The van der Waals surface area contributed by atoms with Gasteiger partial charge in [-0.2, -0.15) is 0 Å². The Labute approximate surface area is 197 Å². The van der Waals surface area contributed by atoms with E-state index in [0.717, 1.165) is 22.3 Å². The first kappa shape index (κ1) is 22.4. The van der Waals surface area contributed by atoms with E-state index >= 15 is 0 Å². The zero-order chi connectivity index (χ0) is 24.0. The average molecular weight is 465 g/mol. The molecule has 0 bridgehead atoms. The lowest BCUT2D eigenvalue weighted by Gasteiger charge is -2.22. The molecule has 2 aromatic carbocycles. The predicted molar refractivity (Wildman–Crippen MR) is 123 cm³/mol. The molecule has 8 heteroatoms. The van der Waals surface area contributed by atoms with Gasteiger partial charge in [-0.15, -0.1) is 0 Å². The molecule has 5 rings (SSSR count). The second-order valence-electron chi connectivity index (χ2n) is 9.69. The Kier molecular flexibility index (Phi) is 5.56. The zero-order valence-electron chi connectivity index (χ0n) is 18.9. The van der Waals surface area contributed by atoms with Crippen LogP contribution in [0.25, 0.3) is 11.1 Å². The molecule has 3 aliphatic carbocycles. The number of carbonyl (C=O) groups is 3. The van der Waals surface area contributed by atoms with Gasteiger partial charge in [0.05, 0.1) is 11.5 Å². The van der Waals surface area contributed by atoms with Gasteiger partial charge in [-0.3, -0.25) is 4.79 Å². The summed E-state index contributed by atoms with van der Waals surface area (Å²) in [6.45, 7) is 1.55. The Balaban J connectivity index is 1.17. The van der Waals surface area contributed by atoms with Crippen molar-refractivity contribution >= 4 is 18.0 Å². The number of aliphatic hydroxyl groups excluding tert-OH is 1. The molecule has 0 saturated heterocycles. The van der Waals surface area contributed by atoms with Gasteiger partial charge in [0.25, 0.3) is 0 Å². The minimum absolute atomic E-state index is 0.0272. The zero-order valence-corrected chi connectivity index (χ0v) is 18.9. The molecule has 2 amide bonds. The molecule has 5 atom stereocenters. The fraction of sp³-hybridized carbons (Fsp3) is 0.423. The highest BCUT2D eigenvalue weighted by Crippen LogP contribution is 2.63. The SMILES string of the molecule is C[C@@H](O)[C@H](NC(=O)[C@@]12C[C@@H](NC(=O)OCC3c4ccccc4-c4ccccc43)C[C@@H]1C2)C(=O)O. The van der Waals surface area contributed by atoms with E-state index in [2.05, 4.69) is 34.9 Å². The molecular weight excluding hydrogens is 436 g/mol. The first-order valence-electron chi connectivity index (χ1n) is 11.6. The maximum atomic E-state index is 12.8. The third-order valence-corrected chi connectivity index (χ3v) is 7.56. The number of nitrogens with one attached hydrogen (secondary N) is 2. The molecule has 0 unspecified atom stereocenters. The molecule has 0 aliphatic heterocycles. The fourth-order valence-corrected chi connectivity index (χ4v) is 5.77. The smallest absolute Gasteiger partial charge is 0.407 e. The number of alkyl carbamates (subject to hydrolysis) is 1. The van der Waals surface area contributed by atoms with Gasteiger partial charge in [-0.25, -0.2) is 9.59 Å². The molecule has 2 saturated carbocycles. The van der Waals surface area contributed by atoms with Crippen molar-refractivity contribution in [2.75, 3.05) is 6.61 Å². The maximum Gasteiger partial charge on any atom is 0.407 e. The summed E-state index contributed by atoms with van der Waals surface area (Å²) >= 11 is 0. The van der Waals surface area contributed by atoms with Crippen molar-refractivity contribution in [1.29, 1.82) is 0 Å². The third-order valence-electron chi connectivity index (χ3n) is 7.56. The second-order valence-corrected chi connectivity index (χ2v) is 9.69. The van der Waals surface area contributed by atoms with Crippen LogP contribution in [0.3, 0.4) is 0 Å². The average Bonchev–Trinajstić information content (AvgIpc) is 3.24. The van der Waals surface area contributed by atoms with Crippen molar-refractivity contribution < 1.29 is 29.3 Å². The number of benzene rings is 2. The largest absolute Gasteiger partial charge is 0.480 e. The number of carboxylic acids is 1. The maximum absolute atomic E-state index is 12.8. The number of carbonyl (C=O) groups excluding carboxylic acids is 2. The number of amides is 2. The van der Waals surface area contributed by atoms with Crippen LogP contribution < -0.4 is 10.6 Å². The Bertz CT molecular complexity index is 1100. The highest BCUT2D eigenvalue weighted by Gasteiger charge is 2.65. The van der Waals surface area contributed by atoms with Crippen LogP contribution in [-0.2, 0) is 14.3 Å². The van der Waals surface area contributed by atoms with Gasteiger partial charge >= 0.3 is 12.1 Å². The molecule has 34 heavy (non-hydrogen) atoms. The first-order chi connectivity index (χ1) is 16.3. The van der Waals surface area contributed by atoms with Crippen LogP contribution in [-0.4, -0.2) is 53.0 Å². The van der Waals surface area contributed by atoms with Crippen molar-refractivity contribution in [2.24, 2.45) is 11.3 Å². The van der Waals surface area contributed by atoms with Gasteiger partial charge in [0, 0.05) is 12.0 Å². The van der Waals surface area contributed by atoms with Crippen molar-refractivity contribution in [3.63, 3.8) is 0 Å². The summed E-state index contributed by atoms with van der Waals surface area (Å²) in [4.78, 5) is 36.7. The van der Waals surface area contributed by atoms with Crippen molar-refractivity contribution in [3.05, 3.63) is 59.7 Å². The Morgan fingerprint density at radius 2 is 1.68 bits per heavy atom. The number of ether oxygens (including phenoxy) is 1. The molecule has 4 N–H and O–H groups in total. The van der Waals surface area contributed by atoms with Gasteiger partial charge in [0.15, 0.2) is 6.04 Å². The normalized spacial score (nSPS) is 25.9. The fourth-order valence-electron chi connectivity index (χ4n) is 5.77. The number of hydrogen-bond acceptors (Lipinski definition) is 5. The van der Waals surface area contributed by atoms with E-state index in [-0.39, 0.29) is 30.4 Å². The van der Waals surface area contributed by atoms with Crippen LogP contribution in [0.15, 0.2) is 48.5 Å². The van der Waals surface area contributed by atoms with Crippen LogP contribution in [0.5, 0.6) is 0 Å². The van der Waals surface area contributed by atoms with Gasteiger partial charge in [-0.05, 0) is 54.4 Å². The van der Waals surface area contributed by atoms with Gasteiger partial charge in [0.2, 0.25) is 5.91 Å². The Morgan fingerprint density at radius 3 is 2.26 bits per heavy atom. The second kappa shape index (κ2) is 8.43. The number of fused-ring (bicyclic) bond motifs is 4. The van der Waals surface area contributed by atoms with E-state index in [4.69, 9.17) is 4.74 Å². The van der Waals surface area contributed by atoms with E-state index in [0.29, 0.717) is 19.3 Å². The molecule has 0 aromatic heterocycles. The lowest BCUT2D eigenvalue weighted by molar-refractivity contribution is -0.145.